The fourth-order valence-electron chi connectivity index (χ4n) is 1.43. The predicted molar refractivity (Wildman–Crippen MR) is 66.2 cm³/mol. The van der Waals surface area contributed by atoms with E-state index in [1.165, 1.54) is 18.3 Å². The van der Waals surface area contributed by atoms with Crippen LogP contribution in [0.4, 0.5) is 4.79 Å². The molecule has 19 heavy (non-hydrogen) atoms. The molecule has 0 fully saturated rings. The molecule has 0 bridgehead atoms. The third-order valence-corrected chi connectivity index (χ3v) is 2.24. The summed E-state index contributed by atoms with van der Waals surface area (Å²) in [6, 6.07) is 8.00. The van der Waals surface area contributed by atoms with E-state index in [4.69, 9.17) is 11.5 Å². The summed E-state index contributed by atoms with van der Waals surface area (Å²) in [4.78, 5) is 29.5. The maximum Gasteiger partial charge on any atom is 0.411 e. The summed E-state index contributed by atoms with van der Waals surface area (Å²) in [5.41, 5.74) is 11.4. The average Bonchev–Trinajstić information content (AvgIpc) is 2.39. The molecule has 2 rings (SSSR count). The molecule has 0 aliphatic rings. The van der Waals surface area contributed by atoms with E-state index >= 15 is 0 Å². The van der Waals surface area contributed by atoms with Crippen LogP contribution in [0.25, 0.3) is 11.3 Å². The Morgan fingerprint density at radius 1 is 1.11 bits per heavy atom. The highest BCUT2D eigenvalue weighted by Crippen LogP contribution is 2.18. The van der Waals surface area contributed by atoms with Gasteiger partial charge in [0.2, 0.25) is 5.88 Å². The first kappa shape index (κ1) is 12.5. The van der Waals surface area contributed by atoms with E-state index in [2.05, 4.69) is 14.7 Å². The lowest BCUT2D eigenvalue weighted by atomic mass is 10.2. The molecule has 0 aromatic carbocycles. The molecule has 0 aliphatic carbocycles. The number of carbonyl (C=O) groups is 2. The number of hydrogen-bond acceptors (Lipinski definition) is 5. The minimum Gasteiger partial charge on any atom is -0.391 e. The second-order valence-corrected chi connectivity index (χ2v) is 3.58. The fraction of sp³-hybridized carbons (Fsp3) is 0. The molecule has 4 N–H and O–H groups in total. The Kier molecular flexibility index (Phi) is 3.37. The van der Waals surface area contributed by atoms with Gasteiger partial charge in [-0.15, -0.1) is 0 Å². The van der Waals surface area contributed by atoms with Crippen LogP contribution in [0.2, 0.25) is 0 Å². The van der Waals surface area contributed by atoms with Crippen molar-refractivity contribution in [2.75, 3.05) is 0 Å². The number of amides is 2. The Morgan fingerprint density at radius 3 is 2.47 bits per heavy atom. The number of primary amides is 2. The number of nitrogens with two attached hydrogens (primary N) is 2. The highest BCUT2D eigenvalue weighted by atomic mass is 16.6. The van der Waals surface area contributed by atoms with E-state index in [-0.39, 0.29) is 11.6 Å². The van der Waals surface area contributed by atoms with Gasteiger partial charge < -0.3 is 16.2 Å². The first-order valence-corrected chi connectivity index (χ1v) is 5.27. The van der Waals surface area contributed by atoms with Gasteiger partial charge in [0.25, 0.3) is 5.91 Å². The molecule has 0 saturated heterocycles. The van der Waals surface area contributed by atoms with Crippen LogP contribution in [-0.4, -0.2) is 22.0 Å². The lowest BCUT2D eigenvalue weighted by Gasteiger charge is -2.03. The van der Waals surface area contributed by atoms with Crippen molar-refractivity contribution in [1.82, 2.24) is 9.97 Å². The number of pyridine rings is 2. The lowest BCUT2D eigenvalue weighted by molar-refractivity contribution is 0.0995. The average molecular weight is 258 g/mol. The van der Waals surface area contributed by atoms with Crippen LogP contribution < -0.4 is 16.2 Å². The van der Waals surface area contributed by atoms with Gasteiger partial charge in [0.15, 0.2) is 0 Å². The smallest absolute Gasteiger partial charge is 0.391 e. The van der Waals surface area contributed by atoms with Gasteiger partial charge in [0.1, 0.15) is 5.69 Å². The number of nitrogens with zero attached hydrogens (tertiary/aromatic N) is 2. The monoisotopic (exact) mass is 258 g/mol. The number of rotatable bonds is 3. The third-order valence-electron chi connectivity index (χ3n) is 2.24. The van der Waals surface area contributed by atoms with Crippen LogP contribution in [0.1, 0.15) is 10.5 Å². The van der Waals surface area contributed by atoms with Gasteiger partial charge in [-0.25, -0.2) is 14.8 Å². The summed E-state index contributed by atoms with van der Waals surface area (Å²) in [6.07, 6.45) is 0.514. The normalized spacial score (nSPS) is 9.89. The van der Waals surface area contributed by atoms with E-state index in [1.807, 2.05) is 0 Å². The van der Waals surface area contributed by atoms with Gasteiger partial charge in [-0.05, 0) is 18.2 Å². The molecular weight excluding hydrogens is 248 g/mol. The van der Waals surface area contributed by atoms with Crippen molar-refractivity contribution >= 4 is 12.0 Å². The number of hydrogen-bond donors (Lipinski definition) is 2. The summed E-state index contributed by atoms with van der Waals surface area (Å²) in [6.45, 7) is 0. The van der Waals surface area contributed by atoms with E-state index in [9.17, 15) is 9.59 Å². The van der Waals surface area contributed by atoms with Gasteiger partial charge in [0.05, 0.1) is 5.69 Å². The predicted octanol–water partition coefficient (Wildman–Crippen LogP) is 0.700. The highest BCUT2D eigenvalue weighted by Gasteiger charge is 2.06. The van der Waals surface area contributed by atoms with Gasteiger partial charge in [-0.2, -0.15) is 0 Å². The SMILES string of the molecule is NC(=O)Oc1ccc(-c2cccc(C(N)=O)n2)cn1. The van der Waals surface area contributed by atoms with E-state index in [0.717, 1.165) is 0 Å². The number of aromatic nitrogens is 2. The minimum atomic E-state index is -0.936. The van der Waals surface area contributed by atoms with Crippen molar-refractivity contribution in [3.63, 3.8) is 0 Å². The van der Waals surface area contributed by atoms with Gasteiger partial charge in [-0.3, -0.25) is 4.79 Å². The van der Waals surface area contributed by atoms with Gasteiger partial charge in [0, 0.05) is 17.8 Å². The van der Waals surface area contributed by atoms with Crippen molar-refractivity contribution < 1.29 is 14.3 Å². The maximum absolute atomic E-state index is 11.0. The summed E-state index contributed by atoms with van der Waals surface area (Å²) < 4.78 is 4.60. The molecule has 0 radical (unpaired) electrons. The summed E-state index contributed by atoms with van der Waals surface area (Å²) in [7, 11) is 0. The summed E-state index contributed by atoms with van der Waals surface area (Å²) in [5, 5.41) is 0. The van der Waals surface area contributed by atoms with E-state index in [1.54, 1.807) is 18.2 Å². The summed E-state index contributed by atoms with van der Waals surface area (Å²) in [5.74, 6) is -0.522. The Labute approximate surface area is 108 Å². The second-order valence-electron chi connectivity index (χ2n) is 3.58. The second kappa shape index (κ2) is 5.13. The van der Waals surface area contributed by atoms with Crippen LogP contribution in [0.15, 0.2) is 36.5 Å². The highest BCUT2D eigenvalue weighted by molar-refractivity contribution is 5.91. The molecular formula is C12H10N4O3. The van der Waals surface area contributed by atoms with E-state index < -0.39 is 12.0 Å². The standard InChI is InChI=1S/C12H10N4O3/c13-11(17)9-3-1-2-8(16-9)7-4-5-10(15-6-7)19-12(14)18/h1-6H,(H2,13,17)(H2,14,18). The quantitative estimate of drug-likeness (QED) is 0.839. The van der Waals surface area contributed by atoms with Gasteiger partial charge in [-0.1, -0.05) is 6.07 Å². The van der Waals surface area contributed by atoms with Crippen LogP contribution in [-0.2, 0) is 0 Å². The van der Waals surface area contributed by atoms with Crippen molar-refractivity contribution in [2.24, 2.45) is 11.5 Å². The first-order chi connectivity index (χ1) is 9.06. The van der Waals surface area contributed by atoms with Crippen LogP contribution in [0, 0.1) is 0 Å². The molecule has 96 valence electrons. The Bertz CT molecular complexity index is 625. The molecule has 7 nitrogen and oxygen atoms in total. The third kappa shape index (κ3) is 3.03. The molecule has 2 aromatic heterocycles. The van der Waals surface area contributed by atoms with Crippen molar-refractivity contribution in [1.29, 1.82) is 0 Å². The van der Waals surface area contributed by atoms with Crippen molar-refractivity contribution in [3.8, 4) is 17.1 Å². The van der Waals surface area contributed by atoms with E-state index in [0.29, 0.717) is 11.3 Å². The zero-order valence-corrected chi connectivity index (χ0v) is 9.74. The Balaban J connectivity index is 2.29. The number of ether oxygens (including phenoxy) is 1. The zero-order chi connectivity index (χ0) is 13.8. The maximum atomic E-state index is 11.0. The van der Waals surface area contributed by atoms with Crippen LogP contribution in [0.3, 0.4) is 0 Å². The van der Waals surface area contributed by atoms with Crippen LogP contribution in [0.5, 0.6) is 5.88 Å². The molecule has 7 heteroatoms. The van der Waals surface area contributed by atoms with Crippen molar-refractivity contribution in [3.05, 3.63) is 42.2 Å². The van der Waals surface area contributed by atoms with Crippen LogP contribution >= 0.6 is 0 Å². The molecule has 0 atom stereocenters. The largest absolute Gasteiger partial charge is 0.411 e. The molecule has 0 saturated carbocycles. The zero-order valence-electron chi connectivity index (χ0n) is 9.74. The first-order valence-electron chi connectivity index (χ1n) is 5.27. The molecule has 2 amide bonds. The molecule has 2 heterocycles. The molecule has 0 spiro atoms. The molecule has 2 aromatic rings. The van der Waals surface area contributed by atoms with Crippen molar-refractivity contribution in [2.45, 2.75) is 0 Å². The summed E-state index contributed by atoms with van der Waals surface area (Å²) >= 11 is 0. The van der Waals surface area contributed by atoms with Gasteiger partial charge >= 0.3 is 6.09 Å². The number of carbonyl (C=O) groups excluding carboxylic acids is 2. The fourth-order valence-corrected chi connectivity index (χ4v) is 1.43. The lowest BCUT2D eigenvalue weighted by Crippen LogP contribution is -2.16. The topological polar surface area (TPSA) is 121 Å². The minimum absolute atomic E-state index is 0.0855. The Hall–Kier alpha value is -2.96. The Morgan fingerprint density at radius 2 is 1.89 bits per heavy atom. The molecule has 0 aliphatic heterocycles. The molecule has 0 unspecified atom stereocenters.